The predicted octanol–water partition coefficient (Wildman–Crippen LogP) is 2.53. The Morgan fingerprint density at radius 3 is 2.96 bits per heavy atom. The first kappa shape index (κ1) is 17.8. The largest absolute Gasteiger partial charge is 0.466 e. The molecular formula is C18H23N3O3S. The van der Waals surface area contributed by atoms with Crippen LogP contribution in [-0.2, 0) is 14.3 Å². The average molecular weight is 361 g/mol. The van der Waals surface area contributed by atoms with Crippen molar-refractivity contribution in [2.24, 2.45) is 5.92 Å². The Morgan fingerprint density at radius 2 is 2.20 bits per heavy atom. The van der Waals surface area contributed by atoms with Crippen molar-refractivity contribution in [3.8, 4) is 0 Å². The number of nitrogens with zero attached hydrogens (tertiary/aromatic N) is 3. The molecule has 6 nitrogen and oxygen atoms in total. The molecule has 1 unspecified atom stereocenters. The van der Waals surface area contributed by atoms with Crippen LogP contribution < -0.4 is 4.90 Å². The lowest BCUT2D eigenvalue weighted by atomic mass is 9.98. The van der Waals surface area contributed by atoms with Crippen molar-refractivity contribution in [2.45, 2.75) is 19.8 Å². The number of thiazole rings is 1. The fourth-order valence-corrected chi connectivity index (χ4v) is 4.00. The maximum atomic E-state index is 12.6. The topological polar surface area (TPSA) is 62.7 Å². The van der Waals surface area contributed by atoms with Crippen LogP contribution in [0.2, 0.25) is 0 Å². The van der Waals surface area contributed by atoms with E-state index < -0.39 is 0 Å². The van der Waals surface area contributed by atoms with E-state index in [0.29, 0.717) is 24.8 Å². The lowest BCUT2D eigenvalue weighted by molar-refractivity contribution is -0.150. The number of fused-ring (bicyclic) bond motifs is 1. The van der Waals surface area contributed by atoms with E-state index in [0.717, 1.165) is 29.6 Å². The van der Waals surface area contributed by atoms with Crippen LogP contribution in [0.3, 0.4) is 0 Å². The highest BCUT2D eigenvalue weighted by atomic mass is 32.1. The zero-order valence-corrected chi connectivity index (χ0v) is 15.4. The summed E-state index contributed by atoms with van der Waals surface area (Å²) in [5.74, 6) is -0.294. The summed E-state index contributed by atoms with van der Waals surface area (Å²) in [4.78, 5) is 32.7. The molecule has 1 amide bonds. The van der Waals surface area contributed by atoms with E-state index in [1.165, 1.54) is 11.3 Å². The number of amides is 1. The number of likely N-dealkylation sites (N-methyl/N-ethyl adjacent to an activating group) is 1. The van der Waals surface area contributed by atoms with Crippen molar-refractivity contribution in [3.63, 3.8) is 0 Å². The third kappa shape index (κ3) is 4.16. The molecule has 0 saturated carbocycles. The van der Waals surface area contributed by atoms with E-state index in [1.807, 2.05) is 36.1 Å². The van der Waals surface area contributed by atoms with Crippen molar-refractivity contribution >= 4 is 38.6 Å². The molecule has 0 aliphatic carbocycles. The molecule has 134 valence electrons. The maximum absolute atomic E-state index is 12.6. The summed E-state index contributed by atoms with van der Waals surface area (Å²) in [6.45, 7) is 3.92. The Morgan fingerprint density at radius 1 is 1.40 bits per heavy atom. The molecular weight excluding hydrogens is 338 g/mol. The van der Waals surface area contributed by atoms with E-state index in [1.54, 1.807) is 11.9 Å². The normalized spacial score (nSPS) is 18.2. The molecule has 1 aromatic carbocycles. The summed E-state index contributed by atoms with van der Waals surface area (Å²) in [5.41, 5.74) is 0.905. The van der Waals surface area contributed by atoms with Crippen LogP contribution >= 0.6 is 11.3 Å². The Kier molecular flexibility index (Phi) is 5.65. The number of piperidine rings is 1. The van der Waals surface area contributed by atoms with Gasteiger partial charge in [-0.1, -0.05) is 23.5 Å². The van der Waals surface area contributed by atoms with Gasteiger partial charge in [0, 0.05) is 13.6 Å². The fourth-order valence-electron chi connectivity index (χ4n) is 3.06. The van der Waals surface area contributed by atoms with Crippen molar-refractivity contribution in [1.82, 2.24) is 9.88 Å². The second-order valence-corrected chi connectivity index (χ2v) is 7.25. The van der Waals surface area contributed by atoms with E-state index in [9.17, 15) is 9.59 Å². The molecule has 2 aromatic rings. The summed E-state index contributed by atoms with van der Waals surface area (Å²) in [5, 5.41) is 0.699. The number of hydrogen-bond donors (Lipinski definition) is 0. The number of likely N-dealkylation sites (tertiary alicyclic amines) is 1. The lowest BCUT2D eigenvalue weighted by Crippen LogP contribution is -2.45. The van der Waals surface area contributed by atoms with Gasteiger partial charge in [0.2, 0.25) is 5.91 Å². The van der Waals surface area contributed by atoms with Gasteiger partial charge in [0.15, 0.2) is 5.13 Å². The van der Waals surface area contributed by atoms with Gasteiger partial charge >= 0.3 is 5.97 Å². The van der Waals surface area contributed by atoms with Crippen LogP contribution in [0.25, 0.3) is 10.2 Å². The van der Waals surface area contributed by atoms with Crippen LogP contribution in [0, 0.1) is 5.92 Å². The minimum absolute atomic E-state index is 0.0106. The van der Waals surface area contributed by atoms with Gasteiger partial charge in [-0.3, -0.25) is 19.4 Å². The van der Waals surface area contributed by atoms with Crippen LogP contribution in [0.4, 0.5) is 5.13 Å². The van der Waals surface area contributed by atoms with Gasteiger partial charge < -0.3 is 4.74 Å². The van der Waals surface area contributed by atoms with E-state index >= 15 is 0 Å². The molecule has 1 fully saturated rings. The van der Waals surface area contributed by atoms with Crippen molar-refractivity contribution < 1.29 is 14.3 Å². The molecule has 0 bridgehead atoms. The van der Waals surface area contributed by atoms with Crippen molar-refractivity contribution in [2.75, 3.05) is 38.2 Å². The van der Waals surface area contributed by atoms with Crippen LogP contribution in [-0.4, -0.2) is 55.0 Å². The highest BCUT2D eigenvalue weighted by Crippen LogP contribution is 2.28. The third-order valence-electron chi connectivity index (χ3n) is 4.43. The number of benzene rings is 1. The second kappa shape index (κ2) is 7.93. The number of aromatic nitrogens is 1. The molecule has 1 aliphatic heterocycles. The van der Waals surface area contributed by atoms with E-state index in [2.05, 4.69) is 4.98 Å². The van der Waals surface area contributed by atoms with E-state index in [4.69, 9.17) is 4.74 Å². The van der Waals surface area contributed by atoms with E-state index in [-0.39, 0.29) is 17.8 Å². The summed E-state index contributed by atoms with van der Waals surface area (Å²) < 4.78 is 6.18. The smallest absolute Gasteiger partial charge is 0.310 e. The summed E-state index contributed by atoms with van der Waals surface area (Å²) in [7, 11) is 1.76. The SMILES string of the molecule is CCOC(=O)C1CCCN(CC(=O)N(C)c2nc3ccccc3s2)C1. The first-order chi connectivity index (χ1) is 12.1. The number of hydrogen-bond acceptors (Lipinski definition) is 6. The Hall–Kier alpha value is -1.99. The molecule has 3 rings (SSSR count). The predicted molar refractivity (Wildman–Crippen MR) is 98.8 cm³/mol. The average Bonchev–Trinajstić information content (AvgIpc) is 3.05. The van der Waals surface area contributed by atoms with Gasteiger partial charge in [0.1, 0.15) is 0 Å². The number of rotatable bonds is 5. The Balaban J connectivity index is 1.61. The first-order valence-corrected chi connectivity index (χ1v) is 9.41. The zero-order chi connectivity index (χ0) is 17.8. The van der Waals surface area contributed by atoms with Crippen molar-refractivity contribution in [3.05, 3.63) is 24.3 Å². The minimum Gasteiger partial charge on any atom is -0.466 e. The van der Waals surface area contributed by atoms with Crippen LogP contribution in [0.1, 0.15) is 19.8 Å². The molecule has 1 aromatic heterocycles. The number of anilines is 1. The standard InChI is InChI=1S/C18H23N3O3S/c1-3-24-17(23)13-7-6-10-21(11-13)12-16(22)20(2)18-19-14-8-4-5-9-15(14)25-18/h4-5,8-9,13H,3,6-7,10-12H2,1-2H3. The van der Waals surface area contributed by atoms with Gasteiger partial charge in [-0.2, -0.15) is 0 Å². The minimum atomic E-state index is -0.154. The highest BCUT2D eigenvalue weighted by Gasteiger charge is 2.28. The van der Waals surface area contributed by atoms with Crippen molar-refractivity contribution in [1.29, 1.82) is 0 Å². The van der Waals surface area contributed by atoms with Gasteiger partial charge in [-0.25, -0.2) is 4.98 Å². The van der Waals surface area contributed by atoms with Gasteiger partial charge in [-0.15, -0.1) is 0 Å². The summed E-state index contributed by atoms with van der Waals surface area (Å²) in [6, 6.07) is 7.86. The van der Waals surface area contributed by atoms with Crippen LogP contribution in [0.5, 0.6) is 0 Å². The quantitative estimate of drug-likeness (QED) is 0.766. The number of esters is 1. The molecule has 2 heterocycles. The molecule has 0 radical (unpaired) electrons. The number of carbonyl (C=O) groups excluding carboxylic acids is 2. The summed E-state index contributed by atoms with van der Waals surface area (Å²) in [6.07, 6.45) is 1.73. The summed E-state index contributed by atoms with van der Waals surface area (Å²) >= 11 is 1.51. The monoisotopic (exact) mass is 361 g/mol. The number of ether oxygens (including phenoxy) is 1. The van der Waals surface area contributed by atoms with Gasteiger partial charge in [-0.05, 0) is 38.4 Å². The molecule has 1 atom stereocenters. The molecule has 1 saturated heterocycles. The van der Waals surface area contributed by atoms with Gasteiger partial charge in [0.05, 0.1) is 29.3 Å². The Labute approximate surface area is 151 Å². The zero-order valence-electron chi connectivity index (χ0n) is 14.6. The second-order valence-electron chi connectivity index (χ2n) is 6.24. The highest BCUT2D eigenvalue weighted by molar-refractivity contribution is 7.22. The molecule has 1 aliphatic rings. The number of para-hydroxylation sites is 1. The maximum Gasteiger partial charge on any atom is 0.310 e. The fraction of sp³-hybridized carbons (Fsp3) is 0.500. The number of carbonyl (C=O) groups is 2. The molecule has 0 N–H and O–H groups in total. The third-order valence-corrected chi connectivity index (χ3v) is 5.54. The Bertz CT molecular complexity index is 728. The van der Waals surface area contributed by atoms with Gasteiger partial charge in [0.25, 0.3) is 0 Å². The molecule has 25 heavy (non-hydrogen) atoms. The first-order valence-electron chi connectivity index (χ1n) is 8.59. The molecule has 0 spiro atoms. The van der Waals surface area contributed by atoms with Crippen LogP contribution in [0.15, 0.2) is 24.3 Å². The molecule has 7 heteroatoms. The lowest BCUT2D eigenvalue weighted by Gasteiger charge is -2.31.